The van der Waals surface area contributed by atoms with Crippen LogP contribution in [0.1, 0.15) is 28.4 Å². The van der Waals surface area contributed by atoms with Gasteiger partial charge in [-0.15, -0.1) is 0 Å². The van der Waals surface area contributed by atoms with Crippen LogP contribution in [0.3, 0.4) is 0 Å². The van der Waals surface area contributed by atoms with Gasteiger partial charge in [-0.05, 0) is 49.7 Å². The number of rotatable bonds is 8. The summed E-state index contributed by atoms with van der Waals surface area (Å²) >= 11 is 0. The lowest BCUT2D eigenvalue weighted by Gasteiger charge is -2.32. The maximum absolute atomic E-state index is 13.8. The Bertz CT molecular complexity index is 1460. The number of alkyl halides is 3. The van der Waals surface area contributed by atoms with E-state index in [9.17, 15) is 26.4 Å². The zero-order valence-corrected chi connectivity index (χ0v) is 24.0. The molecule has 0 radical (unpaired) electrons. The molecule has 3 aromatic carbocycles. The second-order valence-corrected chi connectivity index (χ2v) is 11.2. The molecule has 226 valence electrons. The van der Waals surface area contributed by atoms with E-state index >= 15 is 0 Å². The Kier molecular flexibility index (Phi) is 10.9. The fourth-order valence-electron chi connectivity index (χ4n) is 4.19. The van der Waals surface area contributed by atoms with Gasteiger partial charge < -0.3 is 20.2 Å². The topological polar surface area (TPSA) is 119 Å². The highest BCUT2D eigenvalue weighted by Crippen LogP contribution is 2.28. The summed E-state index contributed by atoms with van der Waals surface area (Å²) in [7, 11) is -3.78. The molecule has 13 heteroatoms. The van der Waals surface area contributed by atoms with Crippen LogP contribution in [0.25, 0.3) is 0 Å². The maximum atomic E-state index is 13.8. The summed E-state index contributed by atoms with van der Waals surface area (Å²) in [4.78, 5) is 26.8. The van der Waals surface area contributed by atoms with E-state index in [0.29, 0.717) is 24.3 Å². The molecule has 1 aliphatic heterocycles. The zero-order valence-electron chi connectivity index (χ0n) is 23.2. The van der Waals surface area contributed by atoms with Gasteiger partial charge >= 0.3 is 12.1 Å². The minimum Gasteiger partial charge on any atom is -0.475 e. The van der Waals surface area contributed by atoms with Crippen molar-refractivity contribution in [3.63, 3.8) is 0 Å². The molecule has 0 aliphatic carbocycles. The number of halogens is 3. The van der Waals surface area contributed by atoms with E-state index in [1.807, 2.05) is 50.2 Å². The normalized spacial score (nSPS) is 13.5. The highest BCUT2D eigenvalue weighted by molar-refractivity contribution is 7.92. The molecule has 3 N–H and O–H groups in total. The molecular weight excluding hydrogens is 573 g/mol. The van der Waals surface area contributed by atoms with Crippen molar-refractivity contribution < 1.29 is 36.3 Å². The number of carbonyl (C=O) groups excluding carboxylic acids is 1. The van der Waals surface area contributed by atoms with Gasteiger partial charge in [0.2, 0.25) is 0 Å². The fraction of sp³-hybridized carbons (Fsp3) is 0.310. The smallest absolute Gasteiger partial charge is 0.475 e. The molecule has 0 bridgehead atoms. The summed E-state index contributed by atoms with van der Waals surface area (Å²) < 4.78 is 60.4. The van der Waals surface area contributed by atoms with Crippen LogP contribution in [-0.4, -0.2) is 69.2 Å². The average molecular weight is 607 g/mol. The maximum Gasteiger partial charge on any atom is 0.490 e. The molecule has 0 spiro atoms. The zero-order chi connectivity index (χ0) is 30.9. The van der Waals surface area contributed by atoms with Crippen LogP contribution in [0.4, 0.5) is 24.5 Å². The van der Waals surface area contributed by atoms with Gasteiger partial charge in [0, 0.05) is 50.6 Å². The van der Waals surface area contributed by atoms with Gasteiger partial charge in [-0.2, -0.15) is 13.2 Å². The van der Waals surface area contributed by atoms with Gasteiger partial charge in [0.15, 0.2) is 0 Å². The number of hydrogen-bond donors (Lipinski definition) is 3. The Labute approximate surface area is 243 Å². The standard InChI is InChI=1S/C27H32N4O3S.C2HF3O2/c1-3-30(20-22-7-5-4-6-8-22)27(32)25-19-23(11-14-26(25)31-17-15-28-16-18-31)29-35(33,34)24-12-9-21(2)10-13-24;3-2(4,5)1(6)7/h4-14,19,28-29H,3,15-18,20H2,1-2H3;(H,6,7). The van der Waals surface area contributed by atoms with Crippen molar-refractivity contribution in [1.29, 1.82) is 0 Å². The number of hydrogen-bond acceptors (Lipinski definition) is 6. The largest absolute Gasteiger partial charge is 0.490 e. The van der Waals surface area contributed by atoms with Crippen molar-refractivity contribution in [3.05, 3.63) is 89.5 Å². The summed E-state index contributed by atoms with van der Waals surface area (Å²) in [5.74, 6) is -2.88. The van der Waals surface area contributed by atoms with Crippen molar-refractivity contribution >= 4 is 33.3 Å². The minimum atomic E-state index is -5.08. The van der Waals surface area contributed by atoms with E-state index in [2.05, 4.69) is 14.9 Å². The van der Waals surface area contributed by atoms with Gasteiger partial charge in [0.05, 0.1) is 10.5 Å². The predicted molar refractivity (Wildman–Crippen MR) is 154 cm³/mol. The quantitative estimate of drug-likeness (QED) is 0.346. The summed E-state index contributed by atoms with van der Waals surface area (Å²) in [6.45, 7) is 8.10. The summed E-state index contributed by atoms with van der Waals surface area (Å²) in [6.07, 6.45) is -5.08. The second kappa shape index (κ2) is 14.2. The van der Waals surface area contributed by atoms with Gasteiger partial charge in [-0.25, -0.2) is 13.2 Å². The number of benzene rings is 3. The van der Waals surface area contributed by atoms with Crippen molar-refractivity contribution in [1.82, 2.24) is 10.2 Å². The number of anilines is 2. The monoisotopic (exact) mass is 606 g/mol. The number of sulfonamides is 1. The molecule has 1 saturated heterocycles. The van der Waals surface area contributed by atoms with Crippen LogP contribution in [0, 0.1) is 6.92 Å². The van der Waals surface area contributed by atoms with Crippen molar-refractivity contribution in [2.24, 2.45) is 0 Å². The number of piperazine rings is 1. The van der Waals surface area contributed by atoms with Gasteiger partial charge in [-0.1, -0.05) is 48.0 Å². The summed E-state index contributed by atoms with van der Waals surface area (Å²) in [6, 6.07) is 21.8. The van der Waals surface area contributed by atoms with E-state index in [1.165, 1.54) is 0 Å². The molecule has 0 aromatic heterocycles. The number of amides is 1. The number of carboxylic acid groups (broad SMARTS) is 1. The van der Waals surface area contributed by atoms with E-state index in [1.54, 1.807) is 41.3 Å². The second-order valence-electron chi connectivity index (χ2n) is 9.50. The molecule has 3 aromatic rings. The number of carbonyl (C=O) groups is 2. The van der Waals surface area contributed by atoms with E-state index in [0.717, 1.165) is 43.0 Å². The third-order valence-electron chi connectivity index (χ3n) is 6.40. The number of nitrogens with zero attached hydrogens (tertiary/aromatic N) is 2. The summed E-state index contributed by atoms with van der Waals surface area (Å²) in [5.41, 5.74) is 3.71. The molecule has 0 unspecified atom stereocenters. The van der Waals surface area contributed by atoms with E-state index < -0.39 is 22.2 Å². The van der Waals surface area contributed by atoms with Crippen LogP contribution in [0.5, 0.6) is 0 Å². The Morgan fingerprint density at radius 2 is 1.60 bits per heavy atom. The van der Waals surface area contributed by atoms with Gasteiger partial charge in [0.25, 0.3) is 15.9 Å². The summed E-state index contributed by atoms with van der Waals surface area (Å²) in [5, 5.41) is 10.5. The first-order valence-corrected chi connectivity index (χ1v) is 14.6. The first-order valence-electron chi connectivity index (χ1n) is 13.1. The lowest BCUT2D eigenvalue weighted by molar-refractivity contribution is -0.192. The molecular formula is C29H33F3N4O5S. The number of aryl methyl sites for hydroxylation is 1. The Balaban J connectivity index is 0.000000616. The lowest BCUT2D eigenvalue weighted by atomic mass is 10.1. The van der Waals surface area contributed by atoms with Crippen LogP contribution < -0.4 is 14.9 Å². The molecule has 1 heterocycles. The predicted octanol–water partition coefficient (Wildman–Crippen LogP) is 4.50. The van der Waals surface area contributed by atoms with Crippen LogP contribution in [-0.2, 0) is 21.4 Å². The minimum absolute atomic E-state index is 0.124. The van der Waals surface area contributed by atoms with Gasteiger partial charge in [-0.3, -0.25) is 9.52 Å². The third kappa shape index (κ3) is 8.95. The fourth-order valence-corrected chi connectivity index (χ4v) is 5.23. The SMILES string of the molecule is CCN(Cc1ccccc1)C(=O)c1cc(NS(=O)(=O)c2ccc(C)cc2)ccc1N1CCNCC1.O=C(O)C(F)(F)F. The Morgan fingerprint density at radius 3 is 2.14 bits per heavy atom. The molecule has 1 fully saturated rings. The molecule has 9 nitrogen and oxygen atoms in total. The van der Waals surface area contributed by atoms with Crippen LogP contribution >= 0.6 is 0 Å². The average Bonchev–Trinajstić information content (AvgIpc) is 2.96. The first-order chi connectivity index (χ1) is 19.8. The molecule has 0 atom stereocenters. The highest BCUT2D eigenvalue weighted by atomic mass is 32.2. The highest BCUT2D eigenvalue weighted by Gasteiger charge is 2.38. The number of aliphatic carboxylic acids is 1. The van der Waals surface area contributed by atoms with Crippen molar-refractivity contribution in [2.45, 2.75) is 31.5 Å². The lowest BCUT2D eigenvalue weighted by Crippen LogP contribution is -2.44. The van der Waals surface area contributed by atoms with Crippen LogP contribution in [0.15, 0.2) is 77.7 Å². The van der Waals surface area contributed by atoms with Crippen molar-refractivity contribution in [2.75, 3.05) is 42.3 Å². The molecule has 1 amide bonds. The van der Waals surface area contributed by atoms with Crippen molar-refractivity contribution in [3.8, 4) is 0 Å². The molecule has 1 aliphatic rings. The number of carboxylic acids is 1. The molecule has 42 heavy (non-hydrogen) atoms. The van der Waals surface area contributed by atoms with E-state index in [4.69, 9.17) is 9.90 Å². The Hall–Kier alpha value is -4.10. The molecule has 0 saturated carbocycles. The Morgan fingerprint density at radius 1 is 1.00 bits per heavy atom. The third-order valence-corrected chi connectivity index (χ3v) is 7.79. The molecule has 4 rings (SSSR count). The van der Waals surface area contributed by atoms with Gasteiger partial charge in [0.1, 0.15) is 0 Å². The van der Waals surface area contributed by atoms with Crippen LogP contribution in [0.2, 0.25) is 0 Å². The first kappa shape index (κ1) is 32.4. The van der Waals surface area contributed by atoms with E-state index in [-0.39, 0.29) is 10.8 Å². The number of nitrogens with one attached hydrogen (secondary N) is 2.